The van der Waals surface area contributed by atoms with Gasteiger partial charge in [0.1, 0.15) is 0 Å². The summed E-state index contributed by atoms with van der Waals surface area (Å²) in [6.45, 7) is 6.72. The van der Waals surface area contributed by atoms with Gasteiger partial charge in [-0.3, -0.25) is 4.79 Å². The van der Waals surface area contributed by atoms with Gasteiger partial charge in [0.15, 0.2) is 0 Å². The van der Waals surface area contributed by atoms with Crippen molar-refractivity contribution in [1.82, 2.24) is 10.2 Å². The van der Waals surface area contributed by atoms with Crippen molar-refractivity contribution in [3.63, 3.8) is 0 Å². The van der Waals surface area contributed by atoms with E-state index in [4.69, 9.17) is 0 Å². The summed E-state index contributed by atoms with van der Waals surface area (Å²) in [5.74, 6) is 0.680. The topological polar surface area (TPSA) is 44.4 Å². The Morgan fingerprint density at radius 2 is 2.00 bits per heavy atom. The summed E-state index contributed by atoms with van der Waals surface area (Å²) in [6.07, 6.45) is 1.19. The van der Waals surface area contributed by atoms with Crippen LogP contribution in [0.4, 0.5) is 5.69 Å². The van der Waals surface area contributed by atoms with Crippen LogP contribution < -0.4 is 10.6 Å². The molecule has 0 aliphatic carbocycles. The molecule has 1 unspecified atom stereocenters. The highest BCUT2D eigenvalue weighted by atomic mass is 35.5. The Bertz CT molecular complexity index is 403. The maximum Gasteiger partial charge on any atom is 0.239 e. The third-order valence-electron chi connectivity index (χ3n) is 3.63. The SMILES string of the molecule is CCN1CCC(CNC(=O)CNc2ccccc2)C1.Cl.Cl. The molecule has 120 valence electrons. The van der Waals surface area contributed by atoms with Gasteiger partial charge in [0.05, 0.1) is 6.54 Å². The van der Waals surface area contributed by atoms with Gasteiger partial charge in [-0.1, -0.05) is 25.1 Å². The molecule has 6 heteroatoms. The normalized spacial score (nSPS) is 17.5. The summed E-state index contributed by atoms with van der Waals surface area (Å²) >= 11 is 0. The van der Waals surface area contributed by atoms with E-state index in [1.54, 1.807) is 0 Å². The summed E-state index contributed by atoms with van der Waals surface area (Å²) in [5.41, 5.74) is 0.982. The Morgan fingerprint density at radius 3 is 2.62 bits per heavy atom. The Labute approximate surface area is 139 Å². The van der Waals surface area contributed by atoms with Crippen LogP contribution in [-0.4, -0.2) is 43.5 Å². The van der Waals surface area contributed by atoms with Gasteiger partial charge in [-0.05, 0) is 37.6 Å². The van der Waals surface area contributed by atoms with Crippen LogP contribution in [-0.2, 0) is 4.79 Å². The van der Waals surface area contributed by atoms with Crippen LogP contribution in [0.15, 0.2) is 30.3 Å². The summed E-state index contributed by atoms with van der Waals surface area (Å²) in [4.78, 5) is 14.2. The van der Waals surface area contributed by atoms with Crippen LogP contribution in [0.1, 0.15) is 13.3 Å². The average Bonchev–Trinajstić information content (AvgIpc) is 2.92. The van der Waals surface area contributed by atoms with Crippen molar-refractivity contribution in [1.29, 1.82) is 0 Å². The van der Waals surface area contributed by atoms with Gasteiger partial charge >= 0.3 is 0 Å². The molecule has 0 aromatic heterocycles. The van der Waals surface area contributed by atoms with E-state index < -0.39 is 0 Å². The third-order valence-corrected chi connectivity index (χ3v) is 3.63. The van der Waals surface area contributed by atoms with Gasteiger partial charge in [0.25, 0.3) is 0 Å². The number of nitrogens with zero attached hydrogens (tertiary/aromatic N) is 1. The van der Waals surface area contributed by atoms with Crippen molar-refractivity contribution in [3.8, 4) is 0 Å². The van der Waals surface area contributed by atoms with Crippen molar-refractivity contribution in [3.05, 3.63) is 30.3 Å². The van der Waals surface area contributed by atoms with Crippen LogP contribution >= 0.6 is 24.8 Å². The summed E-state index contributed by atoms with van der Waals surface area (Å²) < 4.78 is 0. The van der Waals surface area contributed by atoms with Crippen LogP contribution in [0, 0.1) is 5.92 Å². The fraction of sp³-hybridized carbons (Fsp3) is 0.533. The number of hydrogen-bond donors (Lipinski definition) is 2. The number of benzene rings is 1. The molecular formula is C15H25Cl2N3O. The molecule has 4 nitrogen and oxygen atoms in total. The first-order valence-electron chi connectivity index (χ1n) is 7.06. The second kappa shape index (κ2) is 10.7. The number of rotatable bonds is 6. The third kappa shape index (κ3) is 7.02. The predicted octanol–water partition coefficient (Wildman–Crippen LogP) is 2.40. The number of anilines is 1. The van der Waals surface area contributed by atoms with Crippen molar-refractivity contribution in [2.24, 2.45) is 5.92 Å². The molecule has 0 radical (unpaired) electrons. The van der Waals surface area contributed by atoms with E-state index in [9.17, 15) is 4.79 Å². The van der Waals surface area contributed by atoms with E-state index in [0.717, 1.165) is 25.3 Å². The minimum Gasteiger partial charge on any atom is -0.376 e. The van der Waals surface area contributed by atoms with E-state index in [1.807, 2.05) is 30.3 Å². The second-order valence-corrected chi connectivity index (χ2v) is 5.07. The monoisotopic (exact) mass is 333 g/mol. The maximum absolute atomic E-state index is 11.7. The van der Waals surface area contributed by atoms with Crippen molar-refractivity contribution >= 4 is 36.4 Å². The minimum absolute atomic E-state index is 0. The van der Waals surface area contributed by atoms with E-state index in [0.29, 0.717) is 12.5 Å². The number of carbonyl (C=O) groups excluding carboxylic acids is 1. The summed E-state index contributed by atoms with van der Waals surface area (Å²) in [6, 6.07) is 9.80. The molecule has 1 amide bonds. The van der Waals surface area contributed by atoms with Gasteiger partial charge in [-0.15, -0.1) is 24.8 Å². The Morgan fingerprint density at radius 1 is 1.29 bits per heavy atom. The maximum atomic E-state index is 11.7. The van der Waals surface area contributed by atoms with E-state index in [2.05, 4.69) is 22.5 Å². The number of halogens is 2. The van der Waals surface area contributed by atoms with E-state index >= 15 is 0 Å². The molecule has 1 aliphatic rings. The minimum atomic E-state index is 0. The Balaban J connectivity index is 0.00000200. The average molecular weight is 334 g/mol. The smallest absolute Gasteiger partial charge is 0.239 e. The molecule has 1 aromatic carbocycles. The zero-order valence-corrected chi connectivity index (χ0v) is 14.0. The zero-order valence-electron chi connectivity index (χ0n) is 12.4. The molecule has 21 heavy (non-hydrogen) atoms. The van der Waals surface area contributed by atoms with Gasteiger partial charge in [-0.2, -0.15) is 0 Å². The number of carbonyl (C=O) groups is 1. The highest BCUT2D eigenvalue weighted by Gasteiger charge is 2.21. The summed E-state index contributed by atoms with van der Waals surface area (Å²) in [5, 5.41) is 6.13. The number of hydrogen-bond acceptors (Lipinski definition) is 3. The van der Waals surface area contributed by atoms with E-state index in [-0.39, 0.29) is 30.7 Å². The molecule has 1 heterocycles. The second-order valence-electron chi connectivity index (χ2n) is 5.07. The number of likely N-dealkylation sites (tertiary alicyclic amines) is 1. The molecule has 1 atom stereocenters. The zero-order chi connectivity index (χ0) is 13.5. The first-order chi connectivity index (χ1) is 9.28. The van der Waals surface area contributed by atoms with Crippen molar-refractivity contribution in [2.45, 2.75) is 13.3 Å². The number of amides is 1. The van der Waals surface area contributed by atoms with Crippen LogP contribution in [0.2, 0.25) is 0 Å². The van der Waals surface area contributed by atoms with Crippen molar-refractivity contribution in [2.75, 3.05) is 38.0 Å². The lowest BCUT2D eigenvalue weighted by Crippen LogP contribution is -2.34. The van der Waals surface area contributed by atoms with Crippen LogP contribution in [0.25, 0.3) is 0 Å². The molecule has 0 spiro atoms. The predicted molar refractivity (Wildman–Crippen MR) is 92.7 cm³/mol. The van der Waals surface area contributed by atoms with Gasteiger partial charge < -0.3 is 15.5 Å². The highest BCUT2D eigenvalue weighted by molar-refractivity contribution is 5.85. The molecule has 1 aromatic rings. The molecular weight excluding hydrogens is 309 g/mol. The number of para-hydroxylation sites is 1. The molecule has 1 saturated heterocycles. The number of nitrogens with one attached hydrogen (secondary N) is 2. The highest BCUT2D eigenvalue weighted by Crippen LogP contribution is 2.14. The summed E-state index contributed by atoms with van der Waals surface area (Å²) in [7, 11) is 0. The molecule has 2 rings (SSSR count). The van der Waals surface area contributed by atoms with Crippen LogP contribution in [0.5, 0.6) is 0 Å². The fourth-order valence-corrected chi connectivity index (χ4v) is 2.43. The van der Waals surface area contributed by atoms with Crippen LogP contribution in [0.3, 0.4) is 0 Å². The molecule has 1 aliphatic heterocycles. The first-order valence-corrected chi connectivity index (χ1v) is 7.06. The van der Waals surface area contributed by atoms with E-state index in [1.165, 1.54) is 13.0 Å². The van der Waals surface area contributed by atoms with Gasteiger partial charge in [0, 0.05) is 18.8 Å². The largest absolute Gasteiger partial charge is 0.376 e. The molecule has 2 N–H and O–H groups in total. The molecule has 0 saturated carbocycles. The standard InChI is InChI=1S/C15H23N3O.2ClH/c1-2-18-9-8-13(12-18)10-17-15(19)11-16-14-6-4-3-5-7-14;;/h3-7,13,16H,2,8-12H2,1H3,(H,17,19);2*1H. The molecule has 0 bridgehead atoms. The Hall–Kier alpha value is -0.970. The first kappa shape index (κ1) is 20.0. The van der Waals surface area contributed by atoms with Gasteiger partial charge in [-0.25, -0.2) is 0 Å². The van der Waals surface area contributed by atoms with Gasteiger partial charge in [0.2, 0.25) is 5.91 Å². The lowest BCUT2D eigenvalue weighted by molar-refractivity contribution is -0.119. The fourth-order valence-electron chi connectivity index (χ4n) is 2.43. The Kier molecular flexibility index (Phi) is 10.2. The molecule has 1 fully saturated rings. The lowest BCUT2D eigenvalue weighted by Gasteiger charge is -2.14. The quantitative estimate of drug-likeness (QED) is 0.840. The van der Waals surface area contributed by atoms with Crippen molar-refractivity contribution < 1.29 is 4.79 Å². The lowest BCUT2D eigenvalue weighted by atomic mass is 10.1.